The number of non-ortho nitro benzene ring substituents is 1. The van der Waals surface area contributed by atoms with Crippen LogP contribution in [0.1, 0.15) is 15.2 Å². The first-order chi connectivity index (χ1) is 12.9. The number of methoxy groups -OCH3 is 1. The zero-order valence-corrected chi connectivity index (χ0v) is 15.3. The Morgan fingerprint density at radius 2 is 2.11 bits per heavy atom. The Kier molecular flexibility index (Phi) is 5.24. The number of nitro benzene ring substituents is 1. The van der Waals surface area contributed by atoms with Gasteiger partial charge in [0.1, 0.15) is 10.6 Å². The number of thiophene rings is 1. The number of amides is 1. The monoisotopic (exact) mass is 404 g/mol. The second-order valence-corrected chi connectivity index (χ2v) is 6.69. The van der Waals surface area contributed by atoms with E-state index in [1.54, 1.807) is 6.07 Å². The molecule has 2 aromatic carbocycles. The number of ether oxygens (including phenoxy) is 1. The summed E-state index contributed by atoms with van der Waals surface area (Å²) in [6.45, 7) is 0. The van der Waals surface area contributed by atoms with E-state index in [4.69, 9.17) is 16.3 Å². The summed E-state index contributed by atoms with van der Waals surface area (Å²) in [4.78, 5) is 22.9. The number of carbonyl (C=O) groups excluding carboxylic acids is 1. The third-order valence-corrected chi connectivity index (χ3v) is 5.28. The van der Waals surface area contributed by atoms with Gasteiger partial charge in [0.2, 0.25) is 0 Å². The van der Waals surface area contributed by atoms with E-state index >= 15 is 0 Å². The number of benzene rings is 2. The van der Waals surface area contributed by atoms with Crippen LogP contribution in [-0.2, 0) is 0 Å². The predicted octanol–water partition coefficient (Wildman–Crippen LogP) is 3.31. The summed E-state index contributed by atoms with van der Waals surface area (Å²) in [5, 5.41) is 27.8. The molecule has 0 spiro atoms. The Balaban J connectivity index is 1.84. The lowest BCUT2D eigenvalue weighted by molar-refractivity contribution is -0.385. The van der Waals surface area contributed by atoms with Gasteiger partial charge in [-0.05, 0) is 11.6 Å². The maximum absolute atomic E-state index is 12.3. The largest absolute Gasteiger partial charge is 0.870 e. The third-order valence-electron chi connectivity index (χ3n) is 3.61. The van der Waals surface area contributed by atoms with Crippen molar-refractivity contribution in [2.24, 2.45) is 5.10 Å². The normalized spacial score (nSPS) is 11.0. The van der Waals surface area contributed by atoms with E-state index in [1.807, 2.05) is 18.2 Å². The van der Waals surface area contributed by atoms with Crippen molar-refractivity contribution >= 4 is 50.8 Å². The van der Waals surface area contributed by atoms with Crippen LogP contribution in [0.4, 0.5) is 5.69 Å². The Labute approximate surface area is 161 Å². The molecule has 0 unspecified atom stereocenters. The molecule has 1 N–H and O–H groups in total. The predicted molar refractivity (Wildman–Crippen MR) is 101 cm³/mol. The molecule has 0 bridgehead atoms. The van der Waals surface area contributed by atoms with E-state index in [1.165, 1.54) is 18.4 Å². The molecule has 3 aromatic rings. The lowest BCUT2D eigenvalue weighted by Gasteiger charge is -2.14. The fraction of sp³-hybridized carbons (Fsp3) is 0.0588. The number of carbonyl (C=O) groups is 1. The second kappa shape index (κ2) is 7.60. The fourth-order valence-electron chi connectivity index (χ4n) is 2.33. The Morgan fingerprint density at radius 3 is 2.78 bits per heavy atom. The van der Waals surface area contributed by atoms with Crippen LogP contribution in [0.25, 0.3) is 10.1 Å². The average Bonchev–Trinajstić information content (AvgIpc) is 3.00. The molecule has 0 saturated carbocycles. The summed E-state index contributed by atoms with van der Waals surface area (Å²) in [6, 6.07) is 9.35. The van der Waals surface area contributed by atoms with Gasteiger partial charge in [-0.1, -0.05) is 35.5 Å². The Bertz CT molecular complexity index is 1080. The highest BCUT2D eigenvalue weighted by molar-refractivity contribution is 7.21. The molecule has 27 heavy (non-hydrogen) atoms. The fourth-order valence-corrected chi connectivity index (χ4v) is 3.74. The molecule has 0 aliphatic rings. The summed E-state index contributed by atoms with van der Waals surface area (Å²) in [6.07, 6.45) is 1.02. The molecule has 0 aliphatic heterocycles. The average molecular weight is 405 g/mol. The number of nitrogens with zero attached hydrogens (tertiary/aromatic N) is 2. The first kappa shape index (κ1) is 18.6. The van der Waals surface area contributed by atoms with Crippen LogP contribution in [0, 0.1) is 10.1 Å². The first-order valence-corrected chi connectivity index (χ1v) is 8.65. The standard InChI is InChI=1S/C17H12ClN3O5S/c1-26-12-7-10(21(24)25)6-9(15(12)22)8-19-20-17(23)16-14(18)11-4-2-3-5-13(11)27-16/h2-8,22H,1H3,(H,20,23)/p-1/b19-8-. The number of hydrazone groups is 1. The molecule has 8 nitrogen and oxygen atoms in total. The minimum absolute atomic E-state index is 0.0937. The van der Waals surface area contributed by atoms with Crippen molar-refractivity contribution in [3.8, 4) is 11.5 Å². The SMILES string of the molecule is COc1cc([N+](=O)[O-])cc(/C=N\NC(=O)c2sc3ccccc3c2Cl)c1[O-]. The van der Waals surface area contributed by atoms with E-state index in [0.717, 1.165) is 28.4 Å². The molecule has 3 rings (SSSR count). The van der Waals surface area contributed by atoms with Gasteiger partial charge in [-0.25, -0.2) is 5.43 Å². The molecular weight excluding hydrogens is 394 g/mol. The topological polar surface area (TPSA) is 117 Å². The highest BCUT2D eigenvalue weighted by Gasteiger charge is 2.16. The van der Waals surface area contributed by atoms with Crippen LogP contribution in [0.5, 0.6) is 11.5 Å². The molecule has 1 aromatic heterocycles. The molecule has 10 heteroatoms. The van der Waals surface area contributed by atoms with Crippen LogP contribution in [0.2, 0.25) is 5.02 Å². The zero-order valence-electron chi connectivity index (χ0n) is 13.8. The maximum atomic E-state index is 12.3. The highest BCUT2D eigenvalue weighted by Crippen LogP contribution is 2.35. The molecule has 0 aliphatic carbocycles. The van der Waals surface area contributed by atoms with Crippen LogP contribution in [0.3, 0.4) is 0 Å². The molecule has 138 valence electrons. The van der Waals surface area contributed by atoms with Gasteiger partial charge in [0.15, 0.2) is 0 Å². The minimum Gasteiger partial charge on any atom is -0.870 e. The lowest BCUT2D eigenvalue weighted by atomic mass is 10.2. The van der Waals surface area contributed by atoms with Gasteiger partial charge >= 0.3 is 0 Å². The Hall–Kier alpha value is -3.17. The number of nitrogens with one attached hydrogen (secondary N) is 1. The summed E-state index contributed by atoms with van der Waals surface area (Å²) in [5.41, 5.74) is 1.85. The van der Waals surface area contributed by atoms with Crippen molar-refractivity contribution in [3.63, 3.8) is 0 Å². The second-order valence-electron chi connectivity index (χ2n) is 5.26. The number of rotatable bonds is 5. The number of hydrogen-bond donors (Lipinski definition) is 1. The number of fused-ring (bicyclic) bond motifs is 1. The smallest absolute Gasteiger partial charge is 0.283 e. The minimum atomic E-state index is -0.658. The summed E-state index contributed by atoms with van der Waals surface area (Å²) in [7, 11) is 1.23. The molecular formula is C17H11ClN3O5S-. The lowest BCUT2D eigenvalue weighted by Crippen LogP contribution is -2.16. The quantitative estimate of drug-likeness (QED) is 0.397. The van der Waals surface area contributed by atoms with Crippen molar-refractivity contribution in [1.29, 1.82) is 0 Å². The highest BCUT2D eigenvalue weighted by atomic mass is 35.5. The van der Waals surface area contributed by atoms with Crippen molar-refractivity contribution in [3.05, 3.63) is 62.0 Å². The molecule has 0 fully saturated rings. The van der Waals surface area contributed by atoms with Crippen LogP contribution in [-0.4, -0.2) is 24.2 Å². The number of halogens is 1. The number of hydrogen-bond acceptors (Lipinski definition) is 7. The molecule has 0 atom stereocenters. The molecule has 1 amide bonds. The van der Waals surface area contributed by atoms with Gasteiger partial charge in [0.05, 0.1) is 29.3 Å². The summed E-state index contributed by atoms with van der Waals surface area (Å²) in [5.74, 6) is -1.33. The van der Waals surface area contributed by atoms with Crippen molar-refractivity contribution in [1.82, 2.24) is 5.43 Å². The van der Waals surface area contributed by atoms with E-state index < -0.39 is 16.6 Å². The van der Waals surface area contributed by atoms with Gasteiger partial charge < -0.3 is 9.84 Å². The van der Waals surface area contributed by atoms with Gasteiger partial charge in [0.25, 0.3) is 11.6 Å². The van der Waals surface area contributed by atoms with E-state index in [9.17, 15) is 20.0 Å². The van der Waals surface area contributed by atoms with Gasteiger partial charge in [0, 0.05) is 16.2 Å². The van der Waals surface area contributed by atoms with E-state index in [-0.39, 0.29) is 21.9 Å². The zero-order chi connectivity index (χ0) is 19.6. The van der Waals surface area contributed by atoms with Crippen molar-refractivity contribution in [2.45, 2.75) is 0 Å². The van der Waals surface area contributed by atoms with Crippen molar-refractivity contribution < 1.29 is 19.6 Å². The summed E-state index contributed by atoms with van der Waals surface area (Å²) >= 11 is 7.43. The molecule has 0 radical (unpaired) electrons. The first-order valence-electron chi connectivity index (χ1n) is 7.46. The maximum Gasteiger partial charge on any atom is 0.283 e. The van der Waals surface area contributed by atoms with Crippen LogP contribution >= 0.6 is 22.9 Å². The molecule has 1 heterocycles. The van der Waals surface area contributed by atoms with Gasteiger partial charge in [-0.3, -0.25) is 14.9 Å². The van der Waals surface area contributed by atoms with Gasteiger partial charge in [-0.2, -0.15) is 5.10 Å². The molecule has 0 saturated heterocycles. The van der Waals surface area contributed by atoms with Crippen LogP contribution < -0.4 is 15.3 Å². The third kappa shape index (κ3) is 3.69. The van der Waals surface area contributed by atoms with Crippen molar-refractivity contribution in [2.75, 3.05) is 7.11 Å². The summed E-state index contributed by atoms with van der Waals surface area (Å²) < 4.78 is 5.69. The van der Waals surface area contributed by atoms with Crippen LogP contribution in [0.15, 0.2) is 41.5 Å². The Morgan fingerprint density at radius 1 is 1.37 bits per heavy atom. The van der Waals surface area contributed by atoms with E-state index in [0.29, 0.717) is 5.02 Å². The number of nitro groups is 1. The van der Waals surface area contributed by atoms with E-state index in [2.05, 4.69) is 10.5 Å². The van der Waals surface area contributed by atoms with Gasteiger partial charge in [-0.15, -0.1) is 11.3 Å².